The molecule has 108 valence electrons. The molecule has 0 aliphatic carbocycles. The molecule has 21 heavy (non-hydrogen) atoms. The van der Waals surface area contributed by atoms with E-state index in [0.29, 0.717) is 32.1 Å². The molecule has 1 fully saturated rings. The average Bonchev–Trinajstić information content (AvgIpc) is 2.56. The number of aromatic hydroxyl groups is 1. The van der Waals surface area contributed by atoms with Gasteiger partial charge in [0.2, 0.25) is 5.95 Å². The number of pyridine rings is 1. The number of hydrogen-bond acceptors (Lipinski definition) is 6. The zero-order chi connectivity index (χ0) is 14.7. The van der Waals surface area contributed by atoms with E-state index in [1.54, 1.807) is 23.4 Å². The Labute approximate surface area is 121 Å². The van der Waals surface area contributed by atoms with Gasteiger partial charge in [0.15, 0.2) is 0 Å². The van der Waals surface area contributed by atoms with E-state index in [4.69, 9.17) is 0 Å². The minimum absolute atomic E-state index is 0.0867. The maximum Gasteiger partial charge on any atom is 0.257 e. The summed E-state index contributed by atoms with van der Waals surface area (Å²) in [7, 11) is 0. The summed E-state index contributed by atoms with van der Waals surface area (Å²) < 4.78 is 0. The second-order valence-electron chi connectivity index (χ2n) is 4.72. The van der Waals surface area contributed by atoms with Gasteiger partial charge in [-0.25, -0.2) is 9.97 Å². The fourth-order valence-electron chi connectivity index (χ4n) is 2.30. The van der Waals surface area contributed by atoms with E-state index in [9.17, 15) is 9.90 Å². The van der Waals surface area contributed by atoms with Crippen molar-refractivity contribution in [3.8, 4) is 5.75 Å². The lowest BCUT2D eigenvalue weighted by atomic mass is 10.2. The Morgan fingerprint density at radius 2 is 1.81 bits per heavy atom. The minimum Gasteiger partial charge on any atom is -0.505 e. The zero-order valence-corrected chi connectivity index (χ0v) is 11.4. The van der Waals surface area contributed by atoms with Crippen LogP contribution in [0.5, 0.6) is 5.75 Å². The molecule has 1 aliphatic heterocycles. The predicted molar refractivity (Wildman–Crippen MR) is 76.1 cm³/mol. The summed E-state index contributed by atoms with van der Waals surface area (Å²) in [4.78, 5) is 28.3. The monoisotopic (exact) mass is 285 g/mol. The first-order valence-electron chi connectivity index (χ1n) is 6.70. The van der Waals surface area contributed by atoms with Gasteiger partial charge in [0.1, 0.15) is 5.75 Å². The number of nitrogens with zero attached hydrogens (tertiary/aromatic N) is 5. The zero-order valence-electron chi connectivity index (χ0n) is 11.4. The van der Waals surface area contributed by atoms with Crippen LogP contribution in [0.15, 0.2) is 36.9 Å². The molecule has 7 nitrogen and oxygen atoms in total. The van der Waals surface area contributed by atoms with E-state index in [2.05, 4.69) is 15.0 Å². The van der Waals surface area contributed by atoms with Crippen molar-refractivity contribution in [2.24, 2.45) is 0 Å². The van der Waals surface area contributed by atoms with Crippen molar-refractivity contribution in [3.63, 3.8) is 0 Å². The summed E-state index contributed by atoms with van der Waals surface area (Å²) in [5, 5.41) is 9.70. The van der Waals surface area contributed by atoms with Crippen LogP contribution < -0.4 is 4.90 Å². The summed E-state index contributed by atoms with van der Waals surface area (Å²) in [5.74, 6) is 0.413. The van der Waals surface area contributed by atoms with Gasteiger partial charge in [0.25, 0.3) is 5.91 Å². The number of amides is 1. The van der Waals surface area contributed by atoms with E-state index in [0.717, 1.165) is 0 Å². The van der Waals surface area contributed by atoms with Crippen LogP contribution in [0, 0.1) is 0 Å². The molecule has 7 heteroatoms. The highest BCUT2D eigenvalue weighted by molar-refractivity contribution is 5.96. The van der Waals surface area contributed by atoms with E-state index < -0.39 is 0 Å². The van der Waals surface area contributed by atoms with E-state index in [1.807, 2.05) is 4.90 Å². The summed E-state index contributed by atoms with van der Waals surface area (Å²) in [6.07, 6.45) is 6.19. The molecular weight excluding hydrogens is 270 g/mol. The highest BCUT2D eigenvalue weighted by Gasteiger charge is 2.24. The highest BCUT2D eigenvalue weighted by atomic mass is 16.3. The molecule has 2 aromatic rings. The lowest BCUT2D eigenvalue weighted by Gasteiger charge is -2.34. The van der Waals surface area contributed by atoms with Gasteiger partial charge < -0.3 is 14.9 Å². The quantitative estimate of drug-likeness (QED) is 0.867. The number of anilines is 1. The molecule has 0 atom stereocenters. The Balaban J connectivity index is 1.66. The minimum atomic E-state index is -0.177. The molecule has 1 N–H and O–H groups in total. The van der Waals surface area contributed by atoms with Gasteiger partial charge in [-0.1, -0.05) is 0 Å². The number of aromatic nitrogens is 3. The van der Waals surface area contributed by atoms with Gasteiger partial charge in [-0.3, -0.25) is 9.78 Å². The van der Waals surface area contributed by atoms with E-state index >= 15 is 0 Å². The van der Waals surface area contributed by atoms with Crippen LogP contribution in [0.25, 0.3) is 0 Å². The second-order valence-corrected chi connectivity index (χ2v) is 4.72. The summed E-state index contributed by atoms with van der Waals surface area (Å²) >= 11 is 0. The maximum absolute atomic E-state index is 12.4. The number of carbonyl (C=O) groups excluding carboxylic acids is 1. The van der Waals surface area contributed by atoms with Crippen molar-refractivity contribution in [3.05, 3.63) is 42.5 Å². The Kier molecular flexibility index (Phi) is 3.63. The van der Waals surface area contributed by atoms with E-state index in [-0.39, 0.29) is 17.2 Å². The van der Waals surface area contributed by atoms with Crippen molar-refractivity contribution in [2.75, 3.05) is 31.1 Å². The van der Waals surface area contributed by atoms with Crippen LogP contribution in [-0.2, 0) is 0 Å². The van der Waals surface area contributed by atoms with Gasteiger partial charge >= 0.3 is 0 Å². The summed E-state index contributed by atoms with van der Waals surface area (Å²) in [5.41, 5.74) is 0.286. The van der Waals surface area contributed by atoms with Gasteiger partial charge in [-0.05, 0) is 12.1 Å². The molecule has 0 radical (unpaired) electrons. The first-order valence-corrected chi connectivity index (χ1v) is 6.70. The van der Waals surface area contributed by atoms with Crippen LogP contribution in [0.1, 0.15) is 10.4 Å². The third-order valence-electron chi connectivity index (χ3n) is 3.43. The third-order valence-corrected chi connectivity index (χ3v) is 3.43. The fraction of sp³-hybridized carbons (Fsp3) is 0.286. The van der Waals surface area contributed by atoms with Crippen LogP contribution in [0.4, 0.5) is 5.95 Å². The molecule has 1 saturated heterocycles. The first kappa shape index (κ1) is 13.3. The molecule has 0 spiro atoms. The van der Waals surface area contributed by atoms with Crippen LogP contribution in [0.3, 0.4) is 0 Å². The van der Waals surface area contributed by atoms with Gasteiger partial charge in [-0.15, -0.1) is 0 Å². The van der Waals surface area contributed by atoms with Crippen molar-refractivity contribution >= 4 is 11.9 Å². The highest BCUT2D eigenvalue weighted by Crippen LogP contribution is 2.18. The number of piperazine rings is 1. The predicted octanol–water partition coefficient (Wildman–Crippen LogP) is 0.540. The van der Waals surface area contributed by atoms with Crippen molar-refractivity contribution < 1.29 is 9.90 Å². The standard InChI is InChI=1S/C14H15N5O2/c20-12-10-15-5-2-11(12)13(21)18-6-8-19(9-7-18)14-16-3-1-4-17-14/h1-5,10,20H,6-9H2. The smallest absolute Gasteiger partial charge is 0.257 e. The number of hydrogen-bond donors (Lipinski definition) is 1. The lowest BCUT2D eigenvalue weighted by molar-refractivity contribution is 0.0743. The molecule has 3 rings (SSSR count). The van der Waals surface area contributed by atoms with Crippen LogP contribution in [0.2, 0.25) is 0 Å². The molecular formula is C14H15N5O2. The SMILES string of the molecule is O=C(c1ccncc1O)N1CCN(c2ncccn2)CC1. The topological polar surface area (TPSA) is 82.5 Å². The maximum atomic E-state index is 12.4. The molecule has 3 heterocycles. The molecule has 0 saturated carbocycles. The Hall–Kier alpha value is -2.70. The van der Waals surface area contributed by atoms with Gasteiger partial charge in [0, 0.05) is 44.8 Å². The number of rotatable bonds is 2. The van der Waals surface area contributed by atoms with Crippen LogP contribution in [-0.4, -0.2) is 57.0 Å². The normalized spacial score (nSPS) is 15.0. The molecule has 1 amide bonds. The number of carbonyl (C=O) groups is 1. The van der Waals surface area contributed by atoms with Gasteiger partial charge in [-0.2, -0.15) is 0 Å². The van der Waals surface area contributed by atoms with E-state index in [1.165, 1.54) is 18.5 Å². The lowest BCUT2D eigenvalue weighted by Crippen LogP contribution is -2.49. The Bertz CT molecular complexity index is 626. The largest absolute Gasteiger partial charge is 0.505 e. The molecule has 1 aliphatic rings. The second kappa shape index (κ2) is 5.74. The Morgan fingerprint density at radius 1 is 1.10 bits per heavy atom. The third kappa shape index (κ3) is 2.76. The van der Waals surface area contributed by atoms with Gasteiger partial charge in [0.05, 0.1) is 11.8 Å². The summed E-state index contributed by atoms with van der Waals surface area (Å²) in [6.45, 7) is 2.47. The van der Waals surface area contributed by atoms with Crippen molar-refractivity contribution in [2.45, 2.75) is 0 Å². The Morgan fingerprint density at radius 3 is 2.48 bits per heavy atom. The van der Waals surface area contributed by atoms with Crippen LogP contribution >= 0.6 is 0 Å². The van der Waals surface area contributed by atoms with Crippen molar-refractivity contribution in [1.29, 1.82) is 0 Å². The fourth-order valence-corrected chi connectivity index (χ4v) is 2.30. The molecule has 0 aromatic carbocycles. The first-order chi connectivity index (χ1) is 10.3. The molecule has 0 unspecified atom stereocenters. The molecule has 2 aromatic heterocycles. The molecule has 0 bridgehead atoms. The van der Waals surface area contributed by atoms with Crippen molar-refractivity contribution in [1.82, 2.24) is 19.9 Å². The average molecular weight is 285 g/mol. The summed E-state index contributed by atoms with van der Waals surface area (Å²) in [6, 6.07) is 3.31.